The molecule has 80 valence electrons. The zero-order chi connectivity index (χ0) is 9.26. The molecule has 1 heterocycles. The fourth-order valence-corrected chi connectivity index (χ4v) is 2.38. The van der Waals surface area contributed by atoms with Crippen molar-refractivity contribution in [1.82, 2.24) is 4.57 Å². The molecule has 0 spiro atoms. The lowest BCUT2D eigenvalue weighted by molar-refractivity contribution is 0.428. The number of nitrogens with zero attached hydrogens (tertiary/aromatic N) is 1. The van der Waals surface area contributed by atoms with Crippen LogP contribution in [-0.2, 0) is 7.05 Å². The van der Waals surface area contributed by atoms with E-state index in [0.29, 0.717) is 5.92 Å². The molecule has 2 nitrogen and oxygen atoms in total. The minimum Gasteiger partial charge on any atom is -0.353 e. The number of halogens is 1. The van der Waals surface area contributed by atoms with Gasteiger partial charge in [-0.15, -0.1) is 12.4 Å². The van der Waals surface area contributed by atoms with E-state index in [9.17, 15) is 0 Å². The SMILES string of the molecule is Cl.Cn1cccc1[C@@H](N)C1CCCC1. The maximum absolute atomic E-state index is 6.22. The Morgan fingerprint density at radius 1 is 1.43 bits per heavy atom. The van der Waals surface area contributed by atoms with Crippen molar-refractivity contribution in [3.8, 4) is 0 Å². The molecule has 14 heavy (non-hydrogen) atoms. The molecule has 1 fully saturated rings. The van der Waals surface area contributed by atoms with Gasteiger partial charge in [-0.3, -0.25) is 0 Å². The summed E-state index contributed by atoms with van der Waals surface area (Å²) in [5.74, 6) is 0.716. The van der Waals surface area contributed by atoms with Crippen molar-refractivity contribution >= 4 is 12.4 Å². The van der Waals surface area contributed by atoms with Crippen molar-refractivity contribution in [2.24, 2.45) is 18.7 Å². The quantitative estimate of drug-likeness (QED) is 0.807. The minimum absolute atomic E-state index is 0. The third kappa shape index (κ3) is 2.12. The van der Waals surface area contributed by atoms with Gasteiger partial charge in [0.1, 0.15) is 0 Å². The summed E-state index contributed by atoms with van der Waals surface area (Å²) in [4.78, 5) is 0. The molecule has 1 aliphatic carbocycles. The number of hydrogen-bond donors (Lipinski definition) is 1. The van der Waals surface area contributed by atoms with Gasteiger partial charge in [-0.25, -0.2) is 0 Å². The van der Waals surface area contributed by atoms with Crippen LogP contribution in [0, 0.1) is 5.92 Å². The van der Waals surface area contributed by atoms with Crippen molar-refractivity contribution in [2.45, 2.75) is 31.7 Å². The Kier molecular flexibility index (Phi) is 4.02. The van der Waals surface area contributed by atoms with E-state index in [-0.39, 0.29) is 18.4 Å². The zero-order valence-corrected chi connectivity index (χ0v) is 9.46. The van der Waals surface area contributed by atoms with Gasteiger partial charge in [0.05, 0.1) is 0 Å². The molecule has 0 radical (unpaired) electrons. The molecule has 0 saturated heterocycles. The molecule has 1 aliphatic rings. The smallest absolute Gasteiger partial charge is 0.0478 e. The number of rotatable bonds is 2. The lowest BCUT2D eigenvalue weighted by Gasteiger charge is -2.19. The highest BCUT2D eigenvalue weighted by atomic mass is 35.5. The van der Waals surface area contributed by atoms with Gasteiger partial charge >= 0.3 is 0 Å². The second-order valence-corrected chi connectivity index (χ2v) is 4.11. The van der Waals surface area contributed by atoms with E-state index in [2.05, 4.69) is 29.9 Å². The predicted octanol–water partition coefficient (Wildman–Crippen LogP) is 2.64. The number of nitrogens with two attached hydrogens (primary N) is 1. The average molecular weight is 215 g/mol. The third-order valence-corrected chi connectivity index (χ3v) is 3.23. The molecular weight excluding hydrogens is 196 g/mol. The molecule has 1 aromatic heterocycles. The average Bonchev–Trinajstić information content (AvgIpc) is 2.72. The fourth-order valence-electron chi connectivity index (χ4n) is 2.38. The van der Waals surface area contributed by atoms with Crippen molar-refractivity contribution in [1.29, 1.82) is 0 Å². The molecular formula is C11H19ClN2. The highest BCUT2D eigenvalue weighted by Crippen LogP contribution is 2.33. The van der Waals surface area contributed by atoms with Gasteiger partial charge in [-0.05, 0) is 30.9 Å². The first-order valence-corrected chi connectivity index (χ1v) is 5.16. The van der Waals surface area contributed by atoms with E-state index < -0.39 is 0 Å². The zero-order valence-electron chi connectivity index (χ0n) is 8.65. The van der Waals surface area contributed by atoms with Gasteiger partial charge in [0, 0.05) is 25.0 Å². The molecule has 0 bridgehead atoms. The molecule has 0 amide bonds. The third-order valence-electron chi connectivity index (χ3n) is 3.23. The maximum Gasteiger partial charge on any atom is 0.0478 e. The standard InChI is InChI=1S/C11H18N2.ClH/c1-13-8-4-7-10(13)11(12)9-5-2-3-6-9;/h4,7-9,11H,2-3,5-6,12H2,1H3;1H/t11-;/m0./s1. The van der Waals surface area contributed by atoms with Crippen LogP contribution in [0.25, 0.3) is 0 Å². The topological polar surface area (TPSA) is 30.9 Å². The summed E-state index contributed by atoms with van der Waals surface area (Å²) >= 11 is 0. The highest BCUT2D eigenvalue weighted by molar-refractivity contribution is 5.85. The summed E-state index contributed by atoms with van der Waals surface area (Å²) in [5.41, 5.74) is 7.51. The molecule has 0 aliphatic heterocycles. The first-order chi connectivity index (χ1) is 6.29. The summed E-state index contributed by atoms with van der Waals surface area (Å²) < 4.78 is 2.14. The molecule has 1 saturated carbocycles. The molecule has 2 rings (SSSR count). The van der Waals surface area contributed by atoms with Crippen LogP contribution in [0.1, 0.15) is 37.4 Å². The second kappa shape index (κ2) is 4.85. The Morgan fingerprint density at radius 2 is 2.07 bits per heavy atom. The number of aromatic nitrogens is 1. The molecule has 0 unspecified atom stereocenters. The lowest BCUT2D eigenvalue weighted by Crippen LogP contribution is -2.21. The fraction of sp³-hybridized carbons (Fsp3) is 0.636. The summed E-state index contributed by atoms with van der Waals surface area (Å²) in [5, 5.41) is 0. The van der Waals surface area contributed by atoms with Gasteiger partial charge in [0.25, 0.3) is 0 Å². The van der Waals surface area contributed by atoms with E-state index in [4.69, 9.17) is 5.73 Å². The van der Waals surface area contributed by atoms with Crippen molar-refractivity contribution < 1.29 is 0 Å². The van der Waals surface area contributed by atoms with E-state index in [0.717, 1.165) is 0 Å². The Labute approximate surface area is 91.9 Å². The molecule has 2 N–H and O–H groups in total. The second-order valence-electron chi connectivity index (χ2n) is 4.11. The van der Waals surface area contributed by atoms with Crippen LogP contribution >= 0.6 is 12.4 Å². The molecule has 1 atom stereocenters. The largest absolute Gasteiger partial charge is 0.353 e. The van der Waals surface area contributed by atoms with Crippen molar-refractivity contribution in [3.63, 3.8) is 0 Å². The van der Waals surface area contributed by atoms with Crippen LogP contribution < -0.4 is 5.73 Å². The first-order valence-electron chi connectivity index (χ1n) is 5.16. The van der Waals surface area contributed by atoms with Gasteiger partial charge in [-0.1, -0.05) is 12.8 Å². The molecule has 0 aromatic carbocycles. The Bertz CT molecular complexity index is 277. The van der Waals surface area contributed by atoms with Crippen molar-refractivity contribution in [2.75, 3.05) is 0 Å². The van der Waals surface area contributed by atoms with Crippen LogP contribution in [0.2, 0.25) is 0 Å². The van der Waals surface area contributed by atoms with Gasteiger partial charge < -0.3 is 10.3 Å². The summed E-state index contributed by atoms with van der Waals surface area (Å²) in [7, 11) is 2.07. The molecule has 3 heteroatoms. The van der Waals surface area contributed by atoms with Gasteiger partial charge in [-0.2, -0.15) is 0 Å². The van der Waals surface area contributed by atoms with E-state index in [1.54, 1.807) is 0 Å². The Balaban J connectivity index is 0.000000980. The van der Waals surface area contributed by atoms with Crippen molar-refractivity contribution in [3.05, 3.63) is 24.0 Å². The van der Waals surface area contributed by atoms with Crippen LogP contribution in [0.4, 0.5) is 0 Å². The van der Waals surface area contributed by atoms with E-state index in [1.165, 1.54) is 31.4 Å². The van der Waals surface area contributed by atoms with Gasteiger partial charge in [0.2, 0.25) is 0 Å². The van der Waals surface area contributed by atoms with Crippen LogP contribution in [-0.4, -0.2) is 4.57 Å². The highest BCUT2D eigenvalue weighted by Gasteiger charge is 2.24. The number of hydrogen-bond acceptors (Lipinski definition) is 1. The normalized spacial score (nSPS) is 19.3. The summed E-state index contributed by atoms with van der Waals surface area (Å²) in [6.45, 7) is 0. The monoisotopic (exact) mass is 214 g/mol. The van der Waals surface area contributed by atoms with Gasteiger partial charge in [0.15, 0.2) is 0 Å². The van der Waals surface area contributed by atoms with Crippen LogP contribution in [0.3, 0.4) is 0 Å². The Morgan fingerprint density at radius 3 is 2.57 bits per heavy atom. The summed E-state index contributed by atoms with van der Waals surface area (Å²) in [6, 6.07) is 4.47. The van der Waals surface area contributed by atoms with Crippen LogP contribution in [0.15, 0.2) is 18.3 Å². The summed E-state index contributed by atoms with van der Waals surface area (Å²) in [6.07, 6.45) is 7.43. The van der Waals surface area contributed by atoms with Crippen LogP contribution in [0.5, 0.6) is 0 Å². The maximum atomic E-state index is 6.22. The lowest BCUT2D eigenvalue weighted by atomic mass is 9.96. The Hall–Kier alpha value is -0.470. The van der Waals surface area contributed by atoms with E-state index >= 15 is 0 Å². The molecule has 1 aromatic rings. The first kappa shape index (κ1) is 11.6. The minimum atomic E-state index is 0. The van der Waals surface area contributed by atoms with E-state index in [1.807, 2.05) is 0 Å². The number of aryl methyl sites for hydroxylation is 1. The predicted molar refractivity (Wildman–Crippen MR) is 61.5 cm³/mol.